The highest BCUT2D eigenvalue weighted by molar-refractivity contribution is 5.84. The summed E-state index contributed by atoms with van der Waals surface area (Å²) in [5.74, 6) is -0.354. The van der Waals surface area contributed by atoms with E-state index in [2.05, 4.69) is 4.90 Å². The van der Waals surface area contributed by atoms with E-state index in [9.17, 15) is 9.18 Å². The van der Waals surface area contributed by atoms with Crippen LogP contribution in [0.25, 0.3) is 0 Å². The summed E-state index contributed by atoms with van der Waals surface area (Å²) in [4.78, 5) is 13.1. The van der Waals surface area contributed by atoms with E-state index in [1.165, 1.54) is 31.4 Å². The molecule has 0 N–H and O–H groups in total. The Labute approximate surface area is 101 Å². The highest BCUT2D eigenvalue weighted by atomic mass is 19.1. The summed E-state index contributed by atoms with van der Waals surface area (Å²) in [6.45, 7) is 0. The number of halogens is 1. The maximum absolute atomic E-state index is 13.1. The van der Waals surface area contributed by atoms with E-state index < -0.39 is 0 Å². The second kappa shape index (κ2) is 5.30. The lowest BCUT2D eigenvalue weighted by molar-refractivity contribution is 0.112. The summed E-state index contributed by atoms with van der Waals surface area (Å²) in [5, 5.41) is 0. The summed E-state index contributed by atoms with van der Waals surface area (Å²) in [6.07, 6.45) is 6.84. The van der Waals surface area contributed by atoms with E-state index in [-0.39, 0.29) is 5.82 Å². The van der Waals surface area contributed by atoms with E-state index in [0.29, 0.717) is 11.6 Å². The SMILES string of the molecule is CN(c1ccc(F)cc1C=O)C1CCCCC1. The van der Waals surface area contributed by atoms with Gasteiger partial charge in [-0.3, -0.25) is 4.79 Å². The van der Waals surface area contributed by atoms with Gasteiger partial charge >= 0.3 is 0 Å². The number of benzene rings is 1. The van der Waals surface area contributed by atoms with Crippen LogP contribution in [0.5, 0.6) is 0 Å². The van der Waals surface area contributed by atoms with Crippen LogP contribution in [0, 0.1) is 5.82 Å². The lowest BCUT2D eigenvalue weighted by Crippen LogP contribution is -2.33. The molecule has 0 atom stereocenters. The Bertz CT molecular complexity index is 399. The summed E-state index contributed by atoms with van der Waals surface area (Å²) in [6, 6.07) is 4.91. The Morgan fingerprint density at radius 3 is 2.65 bits per heavy atom. The number of hydrogen-bond acceptors (Lipinski definition) is 2. The van der Waals surface area contributed by atoms with E-state index >= 15 is 0 Å². The number of aldehydes is 1. The minimum Gasteiger partial charge on any atom is -0.371 e. The predicted octanol–water partition coefficient (Wildman–Crippen LogP) is 3.41. The van der Waals surface area contributed by atoms with Gasteiger partial charge in [-0.2, -0.15) is 0 Å². The minimum absolute atomic E-state index is 0.354. The van der Waals surface area contributed by atoms with Crippen molar-refractivity contribution < 1.29 is 9.18 Å². The molecule has 1 saturated carbocycles. The van der Waals surface area contributed by atoms with Crippen molar-refractivity contribution in [1.29, 1.82) is 0 Å². The molecule has 0 saturated heterocycles. The largest absolute Gasteiger partial charge is 0.371 e. The van der Waals surface area contributed by atoms with Gasteiger partial charge in [-0.25, -0.2) is 4.39 Å². The van der Waals surface area contributed by atoms with Crippen molar-refractivity contribution in [3.63, 3.8) is 0 Å². The number of carbonyl (C=O) groups is 1. The zero-order valence-electron chi connectivity index (χ0n) is 10.2. The average molecular weight is 235 g/mol. The fraction of sp³-hybridized carbons (Fsp3) is 0.500. The standard InChI is InChI=1S/C14H18FNO/c1-16(13-5-3-2-4-6-13)14-8-7-12(15)9-11(14)10-17/h7-10,13H,2-6H2,1H3. The molecule has 0 bridgehead atoms. The third kappa shape index (κ3) is 2.65. The van der Waals surface area contributed by atoms with Gasteiger partial charge in [0.05, 0.1) is 0 Å². The monoisotopic (exact) mass is 235 g/mol. The zero-order valence-corrected chi connectivity index (χ0v) is 10.2. The van der Waals surface area contributed by atoms with Gasteiger partial charge in [0.1, 0.15) is 5.82 Å². The molecule has 2 rings (SSSR count). The molecule has 0 unspecified atom stereocenters. The quantitative estimate of drug-likeness (QED) is 0.748. The van der Waals surface area contributed by atoms with Crippen molar-refractivity contribution in [3.8, 4) is 0 Å². The molecule has 0 heterocycles. The first-order valence-electron chi connectivity index (χ1n) is 6.20. The third-order valence-electron chi connectivity index (χ3n) is 3.62. The minimum atomic E-state index is -0.354. The molecule has 0 aromatic heterocycles. The first kappa shape index (κ1) is 12.1. The molecule has 17 heavy (non-hydrogen) atoms. The molecular formula is C14H18FNO. The van der Waals surface area contributed by atoms with Crippen molar-refractivity contribution in [3.05, 3.63) is 29.6 Å². The summed E-state index contributed by atoms with van der Waals surface area (Å²) in [7, 11) is 2.00. The van der Waals surface area contributed by atoms with Crippen LogP contribution < -0.4 is 4.90 Å². The third-order valence-corrected chi connectivity index (χ3v) is 3.62. The lowest BCUT2D eigenvalue weighted by Gasteiger charge is -2.33. The van der Waals surface area contributed by atoms with Crippen LogP contribution in [-0.2, 0) is 0 Å². The molecule has 1 aromatic carbocycles. The number of nitrogens with zero attached hydrogens (tertiary/aromatic N) is 1. The average Bonchev–Trinajstić information content (AvgIpc) is 2.39. The van der Waals surface area contributed by atoms with Crippen LogP contribution in [0.1, 0.15) is 42.5 Å². The van der Waals surface area contributed by atoms with Crippen molar-refractivity contribution >= 4 is 12.0 Å². The molecule has 1 aromatic rings. The van der Waals surface area contributed by atoms with E-state index in [4.69, 9.17) is 0 Å². The van der Waals surface area contributed by atoms with Crippen LogP contribution in [0.2, 0.25) is 0 Å². The lowest BCUT2D eigenvalue weighted by atomic mass is 9.94. The molecule has 3 heteroatoms. The summed E-state index contributed by atoms with van der Waals surface area (Å²) in [5.41, 5.74) is 1.28. The predicted molar refractivity (Wildman–Crippen MR) is 67.1 cm³/mol. The van der Waals surface area contributed by atoms with Gasteiger partial charge < -0.3 is 4.90 Å². The van der Waals surface area contributed by atoms with E-state index in [1.807, 2.05) is 7.05 Å². The molecule has 0 amide bonds. The molecule has 1 fully saturated rings. The van der Waals surface area contributed by atoms with Gasteiger partial charge in [-0.15, -0.1) is 0 Å². The highest BCUT2D eigenvalue weighted by Gasteiger charge is 2.20. The Balaban J connectivity index is 2.22. The normalized spacial score (nSPS) is 16.8. The molecule has 92 valence electrons. The van der Waals surface area contributed by atoms with Crippen molar-refractivity contribution in [2.24, 2.45) is 0 Å². The fourth-order valence-electron chi connectivity index (χ4n) is 2.61. The van der Waals surface area contributed by atoms with Crippen molar-refractivity contribution in [2.75, 3.05) is 11.9 Å². The number of rotatable bonds is 3. The smallest absolute Gasteiger partial charge is 0.152 e. The first-order chi connectivity index (χ1) is 8.22. The van der Waals surface area contributed by atoms with Crippen LogP contribution >= 0.6 is 0 Å². The van der Waals surface area contributed by atoms with Crippen LogP contribution in [0.15, 0.2) is 18.2 Å². The van der Waals surface area contributed by atoms with Gasteiger partial charge in [0, 0.05) is 24.3 Å². The van der Waals surface area contributed by atoms with Gasteiger partial charge in [0.2, 0.25) is 0 Å². The zero-order chi connectivity index (χ0) is 12.3. The number of carbonyl (C=O) groups excluding carboxylic acids is 1. The second-order valence-electron chi connectivity index (χ2n) is 4.72. The Kier molecular flexibility index (Phi) is 3.77. The first-order valence-corrected chi connectivity index (χ1v) is 6.20. The van der Waals surface area contributed by atoms with Crippen molar-refractivity contribution in [1.82, 2.24) is 0 Å². The van der Waals surface area contributed by atoms with E-state index in [1.54, 1.807) is 6.07 Å². The molecular weight excluding hydrogens is 217 g/mol. The van der Waals surface area contributed by atoms with Crippen LogP contribution in [0.4, 0.5) is 10.1 Å². The topological polar surface area (TPSA) is 20.3 Å². The van der Waals surface area contributed by atoms with Crippen LogP contribution in [-0.4, -0.2) is 19.4 Å². The summed E-state index contributed by atoms with van der Waals surface area (Å²) >= 11 is 0. The van der Waals surface area contributed by atoms with Gasteiger partial charge in [0.15, 0.2) is 6.29 Å². The van der Waals surface area contributed by atoms with Crippen LogP contribution in [0.3, 0.4) is 0 Å². The Hall–Kier alpha value is -1.38. The molecule has 0 spiro atoms. The number of hydrogen-bond donors (Lipinski definition) is 0. The molecule has 0 aliphatic heterocycles. The van der Waals surface area contributed by atoms with Gasteiger partial charge in [-0.1, -0.05) is 19.3 Å². The summed E-state index contributed by atoms with van der Waals surface area (Å²) < 4.78 is 13.1. The Morgan fingerprint density at radius 1 is 1.29 bits per heavy atom. The molecule has 1 aliphatic rings. The number of anilines is 1. The van der Waals surface area contributed by atoms with Gasteiger partial charge in [0.25, 0.3) is 0 Å². The second-order valence-corrected chi connectivity index (χ2v) is 4.72. The molecule has 0 radical (unpaired) electrons. The highest BCUT2D eigenvalue weighted by Crippen LogP contribution is 2.28. The molecule has 2 nitrogen and oxygen atoms in total. The fourth-order valence-corrected chi connectivity index (χ4v) is 2.61. The maximum Gasteiger partial charge on any atom is 0.152 e. The van der Waals surface area contributed by atoms with Crippen molar-refractivity contribution in [2.45, 2.75) is 38.1 Å². The van der Waals surface area contributed by atoms with Gasteiger partial charge in [-0.05, 0) is 31.0 Å². The Morgan fingerprint density at radius 2 is 2.00 bits per heavy atom. The van der Waals surface area contributed by atoms with E-state index in [0.717, 1.165) is 24.8 Å². The molecule has 1 aliphatic carbocycles. The maximum atomic E-state index is 13.1.